The van der Waals surface area contributed by atoms with Gasteiger partial charge in [0, 0.05) is 5.56 Å². The van der Waals surface area contributed by atoms with Crippen molar-refractivity contribution in [1.29, 1.82) is 0 Å². The number of carbonyl (C=O) groups excluding carboxylic acids is 3. The summed E-state index contributed by atoms with van der Waals surface area (Å²) in [6, 6.07) is 5.42. The molecule has 2 rings (SSSR count). The van der Waals surface area contributed by atoms with Crippen molar-refractivity contribution in [1.82, 2.24) is 0 Å². The summed E-state index contributed by atoms with van der Waals surface area (Å²) in [7, 11) is 2.35. The summed E-state index contributed by atoms with van der Waals surface area (Å²) in [5.74, 6) is -2.15. The van der Waals surface area contributed by atoms with Gasteiger partial charge in [-0.05, 0) is 24.3 Å². The molecule has 0 aliphatic rings. The van der Waals surface area contributed by atoms with Crippen LogP contribution in [0, 0.1) is 0 Å². The van der Waals surface area contributed by atoms with E-state index in [-0.39, 0.29) is 38.9 Å². The first-order valence-electron chi connectivity index (χ1n) is 6.93. The topological polar surface area (TPSA) is 125 Å². The van der Waals surface area contributed by atoms with Crippen LogP contribution in [0.25, 0.3) is 0 Å². The Balaban J connectivity index is 2.30. The summed E-state index contributed by atoms with van der Waals surface area (Å²) in [5.41, 5.74) is 6.06. The molecule has 9 heteroatoms. The molecule has 0 bridgehead atoms. The van der Waals surface area contributed by atoms with E-state index in [1.807, 2.05) is 0 Å². The van der Waals surface area contributed by atoms with Crippen LogP contribution in [0.2, 0.25) is 0 Å². The highest BCUT2D eigenvalue weighted by atomic mass is 32.1. The van der Waals surface area contributed by atoms with Crippen LogP contribution in [-0.2, 0) is 20.8 Å². The van der Waals surface area contributed by atoms with E-state index in [0.717, 1.165) is 11.3 Å². The summed E-state index contributed by atoms with van der Waals surface area (Å²) in [4.78, 5) is 35.9. The van der Waals surface area contributed by atoms with Gasteiger partial charge in [-0.25, -0.2) is 14.4 Å². The van der Waals surface area contributed by atoms with Crippen molar-refractivity contribution in [2.75, 3.05) is 20.0 Å². The Morgan fingerprint density at radius 1 is 1.04 bits per heavy atom. The Bertz CT molecular complexity index is 811. The molecule has 132 valence electrons. The Kier molecular flexibility index (Phi) is 5.60. The molecule has 0 spiro atoms. The van der Waals surface area contributed by atoms with Gasteiger partial charge in [-0.3, -0.25) is 0 Å². The second-order valence-corrected chi connectivity index (χ2v) is 5.81. The normalized spacial score (nSPS) is 10.2. The number of methoxy groups -OCH3 is 2. The van der Waals surface area contributed by atoms with Gasteiger partial charge in [0.2, 0.25) is 0 Å². The Morgan fingerprint density at radius 3 is 2.20 bits per heavy atom. The second kappa shape index (κ2) is 7.67. The van der Waals surface area contributed by atoms with Crippen molar-refractivity contribution >= 4 is 34.2 Å². The minimum Gasteiger partial charge on any atom is -0.508 e. The number of benzene rings is 1. The van der Waals surface area contributed by atoms with Gasteiger partial charge in [0.15, 0.2) is 0 Å². The third-order valence-electron chi connectivity index (χ3n) is 3.25. The maximum atomic E-state index is 12.1. The minimum atomic E-state index is -0.750. The van der Waals surface area contributed by atoms with E-state index < -0.39 is 17.9 Å². The first kappa shape index (κ1) is 18.3. The molecule has 0 aliphatic carbocycles. The molecule has 1 heterocycles. The molecule has 0 unspecified atom stereocenters. The zero-order chi connectivity index (χ0) is 18.6. The molecule has 3 N–H and O–H groups in total. The maximum absolute atomic E-state index is 12.1. The van der Waals surface area contributed by atoms with E-state index in [0.29, 0.717) is 0 Å². The Morgan fingerprint density at radius 2 is 1.64 bits per heavy atom. The van der Waals surface area contributed by atoms with Gasteiger partial charge in [-0.1, -0.05) is 0 Å². The van der Waals surface area contributed by atoms with Gasteiger partial charge in [0.25, 0.3) is 0 Å². The lowest BCUT2D eigenvalue weighted by atomic mass is 10.1. The van der Waals surface area contributed by atoms with Crippen LogP contribution in [0.4, 0.5) is 5.00 Å². The van der Waals surface area contributed by atoms with E-state index in [2.05, 4.69) is 9.47 Å². The Hall–Kier alpha value is -3.07. The minimum absolute atomic E-state index is 0.00288. The van der Waals surface area contributed by atoms with Gasteiger partial charge in [-0.2, -0.15) is 0 Å². The van der Waals surface area contributed by atoms with E-state index >= 15 is 0 Å². The summed E-state index contributed by atoms with van der Waals surface area (Å²) in [5, 5.41) is 9.29. The van der Waals surface area contributed by atoms with Crippen molar-refractivity contribution < 1.29 is 33.7 Å². The highest BCUT2D eigenvalue weighted by Crippen LogP contribution is 2.33. The number of nitrogens with two attached hydrogens (primary N) is 1. The highest BCUT2D eigenvalue weighted by molar-refractivity contribution is 7.18. The van der Waals surface area contributed by atoms with Gasteiger partial charge < -0.3 is 25.1 Å². The lowest BCUT2D eigenvalue weighted by Gasteiger charge is -2.08. The predicted molar refractivity (Wildman–Crippen MR) is 88.6 cm³/mol. The fourth-order valence-electron chi connectivity index (χ4n) is 2.02. The Labute approximate surface area is 146 Å². The molecule has 0 amide bonds. The van der Waals surface area contributed by atoms with E-state index in [1.165, 1.54) is 38.5 Å². The molecule has 0 saturated carbocycles. The molecule has 8 nitrogen and oxygen atoms in total. The number of rotatable bonds is 5. The number of hydrogen-bond donors (Lipinski definition) is 2. The molecular weight excluding hydrogens is 350 g/mol. The third kappa shape index (κ3) is 3.89. The molecule has 0 fully saturated rings. The van der Waals surface area contributed by atoms with Crippen LogP contribution in [0.1, 0.15) is 36.0 Å². The molecule has 1 aromatic heterocycles. The number of carbonyl (C=O) groups is 3. The fourth-order valence-corrected chi connectivity index (χ4v) is 3.00. The number of esters is 3. The number of thiophene rings is 1. The van der Waals surface area contributed by atoms with Crippen molar-refractivity contribution in [2.45, 2.75) is 6.61 Å². The quantitative estimate of drug-likeness (QED) is 0.608. The van der Waals surface area contributed by atoms with Gasteiger partial charge >= 0.3 is 17.9 Å². The summed E-state index contributed by atoms with van der Waals surface area (Å²) >= 11 is 0.845. The van der Waals surface area contributed by atoms with Crippen molar-refractivity contribution in [3.8, 4) is 5.75 Å². The standard InChI is InChI=1S/C16H15NO7S/c1-22-15(20)11-10(12(16(21)23-2)25-13(11)17)7-24-14(19)8-3-5-9(18)6-4-8/h3-6,18H,7,17H2,1-2H3. The lowest BCUT2D eigenvalue weighted by Crippen LogP contribution is -2.12. The predicted octanol–water partition coefficient (Wildman–Crippen LogP) is 1.97. The smallest absolute Gasteiger partial charge is 0.348 e. The largest absolute Gasteiger partial charge is 0.508 e. The van der Waals surface area contributed by atoms with Crippen LogP contribution in [0.15, 0.2) is 24.3 Å². The first-order valence-corrected chi connectivity index (χ1v) is 7.74. The number of nitrogen functional groups attached to an aromatic ring is 1. The van der Waals surface area contributed by atoms with E-state index in [9.17, 15) is 19.5 Å². The average molecular weight is 365 g/mol. The number of ether oxygens (including phenoxy) is 3. The zero-order valence-electron chi connectivity index (χ0n) is 13.4. The average Bonchev–Trinajstić information content (AvgIpc) is 2.95. The summed E-state index contributed by atoms with van der Waals surface area (Å²) < 4.78 is 14.5. The van der Waals surface area contributed by atoms with Crippen LogP contribution >= 0.6 is 11.3 Å². The lowest BCUT2D eigenvalue weighted by molar-refractivity contribution is 0.0452. The highest BCUT2D eigenvalue weighted by Gasteiger charge is 2.28. The fraction of sp³-hybridized carbons (Fsp3) is 0.188. The monoisotopic (exact) mass is 365 g/mol. The zero-order valence-corrected chi connectivity index (χ0v) is 14.2. The number of hydrogen-bond acceptors (Lipinski definition) is 9. The maximum Gasteiger partial charge on any atom is 0.348 e. The molecular formula is C16H15NO7S. The molecule has 0 aliphatic heterocycles. The molecule has 0 atom stereocenters. The summed E-state index contributed by atoms with van der Waals surface area (Å²) in [6.45, 7) is -0.373. The number of anilines is 1. The van der Waals surface area contributed by atoms with Crippen molar-refractivity contribution in [2.24, 2.45) is 0 Å². The van der Waals surface area contributed by atoms with Crippen LogP contribution in [0.5, 0.6) is 5.75 Å². The van der Waals surface area contributed by atoms with Gasteiger partial charge in [0.1, 0.15) is 27.8 Å². The van der Waals surface area contributed by atoms with Crippen molar-refractivity contribution in [3.63, 3.8) is 0 Å². The van der Waals surface area contributed by atoms with Crippen LogP contribution in [-0.4, -0.2) is 37.2 Å². The molecule has 0 saturated heterocycles. The molecule has 0 radical (unpaired) electrons. The number of phenols is 1. The number of phenolic OH excluding ortho intramolecular Hbond substituents is 1. The molecule has 1 aromatic carbocycles. The third-order valence-corrected chi connectivity index (χ3v) is 4.29. The SMILES string of the molecule is COC(=O)c1sc(N)c(C(=O)OC)c1COC(=O)c1ccc(O)cc1. The number of aromatic hydroxyl groups is 1. The van der Waals surface area contributed by atoms with E-state index in [1.54, 1.807) is 0 Å². The van der Waals surface area contributed by atoms with Gasteiger partial charge in [0.05, 0.1) is 19.8 Å². The van der Waals surface area contributed by atoms with Gasteiger partial charge in [-0.15, -0.1) is 11.3 Å². The van der Waals surface area contributed by atoms with E-state index in [4.69, 9.17) is 10.5 Å². The second-order valence-electron chi connectivity index (χ2n) is 4.76. The summed E-state index contributed by atoms with van der Waals surface area (Å²) in [6.07, 6.45) is 0. The van der Waals surface area contributed by atoms with Crippen LogP contribution < -0.4 is 5.73 Å². The molecule has 2 aromatic rings. The molecule has 25 heavy (non-hydrogen) atoms. The van der Waals surface area contributed by atoms with Crippen molar-refractivity contribution in [3.05, 3.63) is 45.8 Å². The van der Waals surface area contributed by atoms with Crippen LogP contribution in [0.3, 0.4) is 0 Å². The first-order chi connectivity index (χ1) is 11.9.